The van der Waals surface area contributed by atoms with Gasteiger partial charge in [0.15, 0.2) is 5.41 Å². The van der Waals surface area contributed by atoms with Gasteiger partial charge >= 0.3 is 0 Å². The maximum Gasteiger partial charge on any atom is 0.246 e. The van der Waals surface area contributed by atoms with Crippen LogP contribution >= 0.6 is 0 Å². The van der Waals surface area contributed by atoms with Gasteiger partial charge in [-0.2, -0.15) is 5.26 Å². The number of hydrogen-bond acceptors (Lipinski definition) is 7. The van der Waals surface area contributed by atoms with Crippen molar-refractivity contribution in [1.82, 2.24) is 14.9 Å². The first-order chi connectivity index (χ1) is 19.1. The van der Waals surface area contributed by atoms with Gasteiger partial charge in [0, 0.05) is 57.2 Å². The maximum absolute atomic E-state index is 14.5. The molecule has 3 aromatic carbocycles. The monoisotopic (exact) mass is 521 g/mol. The third kappa shape index (κ3) is 4.89. The Bertz CT molecular complexity index is 1480. The average molecular weight is 522 g/mol. The molecule has 1 aromatic heterocycles. The maximum atomic E-state index is 14.5. The fourth-order valence-electron chi connectivity index (χ4n) is 5.59. The summed E-state index contributed by atoms with van der Waals surface area (Å²) in [5.74, 6) is 0.345. The number of carbonyl (C=O) groups excluding carboxylic acids is 1. The molecule has 0 spiro atoms. The lowest BCUT2D eigenvalue weighted by Gasteiger charge is -2.41. The lowest BCUT2D eigenvalue weighted by atomic mass is 9.67. The minimum atomic E-state index is -1.54. The molecule has 198 valence electrons. The quantitative estimate of drug-likeness (QED) is 0.342. The number of aromatic nitrogens is 2. The molecule has 1 aliphatic heterocycles. The highest BCUT2D eigenvalue weighted by atomic mass is 16.5. The highest BCUT2D eigenvalue weighted by Gasteiger charge is 2.51. The van der Waals surface area contributed by atoms with Gasteiger partial charge in [0.1, 0.15) is 5.75 Å². The summed E-state index contributed by atoms with van der Waals surface area (Å²) >= 11 is 0. The number of benzene rings is 3. The van der Waals surface area contributed by atoms with E-state index in [0.29, 0.717) is 37.9 Å². The molecule has 2 atom stereocenters. The lowest BCUT2D eigenvalue weighted by molar-refractivity contribution is -0.142. The van der Waals surface area contributed by atoms with Gasteiger partial charge in [-0.25, -0.2) is 9.97 Å². The van der Waals surface area contributed by atoms with Crippen LogP contribution in [0, 0.1) is 16.7 Å². The summed E-state index contributed by atoms with van der Waals surface area (Å²) in [5, 5.41) is 12.9. The van der Waals surface area contributed by atoms with Crippen LogP contribution < -0.4 is 9.64 Å². The standard InChI is InChI=1S/C31H31N5O3/c1-38-22-31(21-32,29(37)35-17-19-36(20-18-35)30-33-15-8-16-34-30)28(26-12-5-6-14-27(26)39-2)25-13-7-10-23-9-3-4-11-24(23)25/h3-16,28H,17-20,22H2,1-2H3/t28-,31-/m0/s1. The highest BCUT2D eigenvalue weighted by molar-refractivity contribution is 5.92. The van der Waals surface area contributed by atoms with Crippen LogP contribution in [0.2, 0.25) is 0 Å². The normalized spacial score (nSPS) is 15.8. The third-order valence-corrected chi connectivity index (χ3v) is 7.43. The van der Waals surface area contributed by atoms with E-state index in [1.165, 1.54) is 7.11 Å². The molecule has 0 unspecified atom stereocenters. The molecule has 5 rings (SSSR count). The van der Waals surface area contributed by atoms with Crippen LogP contribution in [0.5, 0.6) is 5.75 Å². The Morgan fingerprint density at radius 3 is 2.31 bits per heavy atom. The number of para-hydroxylation sites is 1. The molecular weight excluding hydrogens is 490 g/mol. The molecule has 0 aliphatic carbocycles. The molecule has 8 nitrogen and oxygen atoms in total. The second-order valence-corrected chi connectivity index (χ2v) is 9.59. The van der Waals surface area contributed by atoms with E-state index in [-0.39, 0.29) is 12.5 Å². The number of carbonyl (C=O) groups is 1. The number of hydrogen-bond donors (Lipinski definition) is 0. The van der Waals surface area contributed by atoms with Crippen molar-refractivity contribution in [2.45, 2.75) is 5.92 Å². The van der Waals surface area contributed by atoms with Crippen molar-refractivity contribution >= 4 is 22.6 Å². The molecule has 4 aromatic rings. The molecule has 0 saturated carbocycles. The molecule has 1 aliphatic rings. The first kappa shape index (κ1) is 26.1. The van der Waals surface area contributed by atoms with Gasteiger partial charge in [-0.15, -0.1) is 0 Å². The number of fused-ring (bicyclic) bond motifs is 1. The second kappa shape index (κ2) is 11.5. The van der Waals surface area contributed by atoms with Crippen molar-refractivity contribution in [3.05, 3.63) is 96.3 Å². The number of methoxy groups -OCH3 is 2. The smallest absolute Gasteiger partial charge is 0.246 e. The summed E-state index contributed by atoms with van der Waals surface area (Å²) in [7, 11) is 3.14. The van der Waals surface area contributed by atoms with Crippen LogP contribution in [-0.4, -0.2) is 67.8 Å². The number of piperazine rings is 1. The molecule has 0 bridgehead atoms. The zero-order chi connectivity index (χ0) is 27.2. The van der Waals surface area contributed by atoms with E-state index < -0.39 is 11.3 Å². The largest absolute Gasteiger partial charge is 0.496 e. The van der Waals surface area contributed by atoms with Gasteiger partial charge in [-0.05, 0) is 28.5 Å². The summed E-state index contributed by atoms with van der Waals surface area (Å²) in [5.41, 5.74) is 0.0966. The highest BCUT2D eigenvalue weighted by Crippen LogP contribution is 2.48. The molecule has 1 saturated heterocycles. The second-order valence-electron chi connectivity index (χ2n) is 9.59. The number of rotatable bonds is 8. The molecular formula is C31H31N5O3. The van der Waals surface area contributed by atoms with Crippen molar-refractivity contribution in [3.8, 4) is 11.8 Å². The first-order valence-corrected chi connectivity index (χ1v) is 12.9. The van der Waals surface area contributed by atoms with Crippen molar-refractivity contribution < 1.29 is 14.3 Å². The minimum Gasteiger partial charge on any atom is -0.496 e. The molecule has 2 heterocycles. The number of ether oxygens (including phenoxy) is 2. The average Bonchev–Trinajstić information content (AvgIpc) is 3.01. The molecule has 1 fully saturated rings. The van der Waals surface area contributed by atoms with Crippen molar-refractivity contribution in [2.75, 3.05) is 51.9 Å². The lowest BCUT2D eigenvalue weighted by Crippen LogP contribution is -2.56. The van der Waals surface area contributed by atoms with Crippen molar-refractivity contribution in [2.24, 2.45) is 5.41 Å². The van der Waals surface area contributed by atoms with Gasteiger partial charge in [0.25, 0.3) is 0 Å². The van der Waals surface area contributed by atoms with Crippen LogP contribution in [0.15, 0.2) is 85.2 Å². The van der Waals surface area contributed by atoms with E-state index in [0.717, 1.165) is 21.9 Å². The van der Waals surface area contributed by atoms with Gasteiger partial charge < -0.3 is 19.3 Å². The predicted octanol–water partition coefficient (Wildman–Crippen LogP) is 4.28. The predicted molar refractivity (Wildman–Crippen MR) is 150 cm³/mol. The van der Waals surface area contributed by atoms with Gasteiger partial charge in [0.2, 0.25) is 11.9 Å². The number of nitrogens with zero attached hydrogens (tertiary/aromatic N) is 5. The summed E-state index contributed by atoms with van der Waals surface area (Å²) in [6.45, 7) is 1.95. The van der Waals surface area contributed by atoms with Crippen LogP contribution in [0.3, 0.4) is 0 Å². The van der Waals surface area contributed by atoms with Gasteiger partial charge in [-0.3, -0.25) is 4.79 Å². The van der Waals surface area contributed by atoms with E-state index in [4.69, 9.17) is 9.47 Å². The number of amides is 1. The van der Waals surface area contributed by atoms with Gasteiger partial charge in [0.05, 0.1) is 19.8 Å². The summed E-state index contributed by atoms with van der Waals surface area (Å²) in [6, 6.07) is 25.9. The Labute approximate surface area is 228 Å². The van der Waals surface area contributed by atoms with Crippen molar-refractivity contribution in [1.29, 1.82) is 5.26 Å². The summed E-state index contributed by atoms with van der Waals surface area (Å²) in [4.78, 5) is 27.1. The van der Waals surface area contributed by atoms with E-state index in [1.54, 1.807) is 30.5 Å². The fourth-order valence-corrected chi connectivity index (χ4v) is 5.59. The molecule has 39 heavy (non-hydrogen) atoms. The SMILES string of the molecule is COC[C@](C#N)(C(=O)N1CCN(c2ncccn2)CC1)[C@H](c1ccccc1OC)c1cccc2ccccc12. The van der Waals surface area contributed by atoms with Crippen LogP contribution in [0.1, 0.15) is 17.0 Å². The zero-order valence-corrected chi connectivity index (χ0v) is 22.2. The zero-order valence-electron chi connectivity index (χ0n) is 22.2. The first-order valence-electron chi connectivity index (χ1n) is 12.9. The Kier molecular flexibility index (Phi) is 7.71. The Morgan fingerprint density at radius 2 is 1.59 bits per heavy atom. The fraction of sp³-hybridized carbons (Fsp3) is 0.290. The van der Waals surface area contributed by atoms with E-state index in [9.17, 15) is 10.1 Å². The topological polar surface area (TPSA) is 91.6 Å². The Balaban J connectivity index is 1.61. The minimum absolute atomic E-state index is 0.0731. The van der Waals surface area contributed by atoms with Crippen LogP contribution in [0.4, 0.5) is 5.95 Å². The molecule has 1 amide bonds. The molecule has 8 heteroatoms. The number of nitriles is 1. The Hall–Kier alpha value is -4.48. The van der Waals surface area contributed by atoms with E-state index in [2.05, 4.69) is 20.9 Å². The van der Waals surface area contributed by atoms with E-state index in [1.807, 2.05) is 66.7 Å². The van der Waals surface area contributed by atoms with Crippen molar-refractivity contribution in [3.63, 3.8) is 0 Å². The molecule has 0 radical (unpaired) electrons. The van der Waals surface area contributed by atoms with Gasteiger partial charge in [-0.1, -0.05) is 60.7 Å². The Morgan fingerprint density at radius 1 is 0.923 bits per heavy atom. The summed E-state index contributed by atoms with van der Waals surface area (Å²) < 4.78 is 11.4. The van der Waals surface area contributed by atoms with Crippen LogP contribution in [0.25, 0.3) is 10.8 Å². The summed E-state index contributed by atoms with van der Waals surface area (Å²) in [6.07, 6.45) is 3.42. The van der Waals surface area contributed by atoms with Crippen LogP contribution in [-0.2, 0) is 9.53 Å². The number of anilines is 1. The molecule has 0 N–H and O–H groups in total. The third-order valence-electron chi connectivity index (χ3n) is 7.43. The van der Waals surface area contributed by atoms with E-state index >= 15 is 0 Å².